The normalized spacial score (nSPS) is 24.2. The number of carbonyl (C=O) groups excluding carboxylic acids is 4. The number of urea groups is 1. The molecule has 1 aliphatic heterocycles. The minimum absolute atomic E-state index is 0.0188. The van der Waals surface area contributed by atoms with Crippen LogP contribution in [0.25, 0.3) is 0 Å². The number of ether oxygens (including phenoxy) is 1. The number of nitrogens with zero attached hydrogens (tertiary/aromatic N) is 1. The molecule has 2 fully saturated rings. The van der Waals surface area contributed by atoms with Gasteiger partial charge in [0.1, 0.15) is 5.54 Å². The predicted molar refractivity (Wildman–Crippen MR) is 103 cm³/mol. The molecule has 1 saturated heterocycles. The molecule has 0 radical (unpaired) electrons. The first-order chi connectivity index (χ1) is 13.3. The number of esters is 1. The third-order valence-electron chi connectivity index (χ3n) is 5.15. The number of hydrogen-bond donors (Lipinski definition) is 2. The Labute approximate surface area is 171 Å². The van der Waals surface area contributed by atoms with Crippen molar-refractivity contribution in [2.24, 2.45) is 5.92 Å². The van der Waals surface area contributed by atoms with Gasteiger partial charge in [0, 0.05) is 4.47 Å². The van der Waals surface area contributed by atoms with Gasteiger partial charge < -0.3 is 10.1 Å². The Morgan fingerprint density at radius 3 is 2.54 bits per heavy atom. The monoisotopic (exact) mass is 451 g/mol. The molecule has 28 heavy (non-hydrogen) atoms. The molecule has 1 aromatic rings. The Morgan fingerprint density at radius 1 is 1.25 bits per heavy atom. The molecule has 2 aliphatic rings. The Kier molecular flexibility index (Phi) is 6.02. The van der Waals surface area contributed by atoms with Crippen LogP contribution in [-0.4, -0.2) is 41.0 Å². The van der Waals surface area contributed by atoms with Crippen LogP contribution < -0.4 is 10.7 Å². The quantitative estimate of drug-likeness (QED) is 0.526. The fourth-order valence-corrected chi connectivity index (χ4v) is 3.70. The molecule has 0 aromatic heterocycles. The maximum absolute atomic E-state index is 12.7. The Balaban J connectivity index is 1.49. The smallest absolute Gasteiger partial charge is 0.344 e. The van der Waals surface area contributed by atoms with Gasteiger partial charge in [-0.15, -0.1) is 0 Å². The van der Waals surface area contributed by atoms with E-state index in [-0.39, 0.29) is 6.42 Å². The third-order valence-corrected chi connectivity index (χ3v) is 5.68. The van der Waals surface area contributed by atoms with Crippen LogP contribution in [0.4, 0.5) is 4.79 Å². The second kappa shape index (κ2) is 8.30. The number of rotatable bonds is 5. The molecule has 0 atom stereocenters. The van der Waals surface area contributed by atoms with Crippen molar-refractivity contribution in [3.8, 4) is 0 Å². The van der Waals surface area contributed by atoms with E-state index in [0.717, 1.165) is 22.9 Å². The minimum Gasteiger partial charge on any atom is -0.455 e. The number of benzene rings is 1. The van der Waals surface area contributed by atoms with Gasteiger partial charge in [0.15, 0.2) is 6.61 Å². The standard InChI is InChI=1S/C19H22BrN3O5/c1-12-6-8-19(9-7-12)17(26)23(18(27)21-19)22-15(24)11-28-16(25)10-13-2-4-14(20)5-3-13/h2-5,12H,6-11H2,1H3,(H,21,27)(H,22,24). The zero-order valence-electron chi connectivity index (χ0n) is 15.5. The van der Waals surface area contributed by atoms with Crippen LogP contribution in [0.3, 0.4) is 0 Å². The summed E-state index contributed by atoms with van der Waals surface area (Å²) in [5.74, 6) is -1.27. The first-order valence-electron chi connectivity index (χ1n) is 9.15. The van der Waals surface area contributed by atoms with Crippen molar-refractivity contribution in [1.82, 2.24) is 15.8 Å². The van der Waals surface area contributed by atoms with E-state index in [4.69, 9.17) is 4.74 Å². The van der Waals surface area contributed by atoms with Gasteiger partial charge in [-0.25, -0.2) is 4.79 Å². The number of halogens is 1. The molecule has 150 valence electrons. The molecule has 1 aromatic carbocycles. The molecule has 1 heterocycles. The van der Waals surface area contributed by atoms with Crippen LogP contribution in [0.15, 0.2) is 28.7 Å². The fraction of sp³-hybridized carbons (Fsp3) is 0.474. The molecule has 2 N–H and O–H groups in total. The molecular formula is C19H22BrN3O5. The van der Waals surface area contributed by atoms with Crippen molar-refractivity contribution in [2.75, 3.05) is 6.61 Å². The lowest BCUT2D eigenvalue weighted by Crippen LogP contribution is -2.52. The van der Waals surface area contributed by atoms with Gasteiger partial charge in [-0.1, -0.05) is 35.0 Å². The average molecular weight is 452 g/mol. The molecule has 8 nitrogen and oxygen atoms in total. The summed E-state index contributed by atoms with van der Waals surface area (Å²) in [6.07, 6.45) is 2.79. The molecule has 4 amide bonds. The summed E-state index contributed by atoms with van der Waals surface area (Å²) in [5, 5.41) is 3.40. The van der Waals surface area contributed by atoms with Crippen molar-refractivity contribution < 1.29 is 23.9 Å². The molecule has 3 rings (SSSR count). The first-order valence-corrected chi connectivity index (χ1v) is 9.95. The molecule has 1 aliphatic carbocycles. The number of hydrazine groups is 1. The fourth-order valence-electron chi connectivity index (χ4n) is 3.44. The van der Waals surface area contributed by atoms with Gasteiger partial charge in [0.05, 0.1) is 6.42 Å². The number of nitrogens with one attached hydrogen (secondary N) is 2. The van der Waals surface area contributed by atoms with E-state index in [2.05, 4.69) is 33.6 Å². The zero-order valence-corrected chi connectivity index (χ0v) is 17.1. The van der Waals surface area contributed by atoms with Crippen molar-refractivity contribution >= 4 is 39.7 Å². The molecule has 1 saturated carbocycles. The van der Waals surface area contributed by atoms with Crippen LogP contribution >= 0.6 is 15.9 Å². The summed E-state index contributed by atoms with van der Waals surface area (Å²) in [4.78, 5) is 48.7. The summed E-state index contributed by atoms with van der Waals surface area (Å²) in [5.41, 5.74) is 2.05. The summed E-state index contributed by atoms with van der Waals surface area (Å²) < 4.78 is 5.83. The number of amides is 4. The molecule has 1 spiro atoms. The second-order valence-corrected chi connectivity index (χ2v) is 8.25. The van der Waals surface area contributed by atoms with Crippen molar-refractivity contribution in [3.05, 3.63) is 34.3 Å². The third kappa shape index (κ3) is 4.52. The van der Waals surface area contributed by atoms with E-state index < -0.39 is 36.0 Å². The highest BCUT2D eigenvalue weighted by molar-refractivity contribution is 9.10. The maximum Gasteiger partial charge on any atom is 0.344 e. The lowest BCUT2D eigenvalue weighted by Gasteiger charge is -2.33. The van der Waals surface area contributed by atoms with Gasteiger partial charge in [-0.05, 0) is 49.3 Å². The summed E-state index contributed by atoms with van der Waals surface area (Å²) in [7, 11) is 0. The number of carbonyl (C=O) groups is 4. The van der Waals surface area contributed by atoms with Gasteiger partial charge >= 0.3 is 12.0 Å². The van der Waals surface area contributed by atoms with Crippen LogP contribution in [-0.2, 0) is 25.5 Å². The molecule has 9 heteroatoms. The topological polar surface area (TPSA) is 105 Å². The average Bonchev–Trinajstić information content (AvgIpc) is 2.89. The van der Waals surface area contributed by atoms with E-state index >= 15 is 0 Å². The van der Waals surface area contributed by atoms with Crippen molar-refractivity contribution in [3.63, 3.8) is 0 Å². The van der Waals surface area contributed by atoms with Crippen LogP contribution in [0.5, 0.6) is 0 Å². The summed E-state index contributed by atoms with van der Waals surface area (Å²) in [6.45, 7) is 1.53. The van der Waals surface area contributed by atoms with Gasteiger partial charge in [-0.2, -0.15) is 5.01 Å². The second-order valence-electron chi connectivity index (χ2n) is 7.33. The Morgan fingerprint density at radius 2 is 1.89 bits per heavy atom. The van der Waals surface area contributed by atoms with Crippen LogP contribution in [0, 0.1) is 5.92 Å². The van der Waals surface area contributed by atoms with Crippen molar-refractivity contribution in [1.29, 1.82) is 0 Å². The predicted octanol–water partition coefficient (Wildman–Crippen LogP) is 2.07. The number of imide groups is 1. The van der Waals surface area contributed by atoms with Crippen molar-refractivity contribution in [2.45, 2.75) is 44.6 Å². The molecular weight excluding hydrogens is 430 g/mol. The highest BCUT2D eigenvalue weighted by atomic mass is 79.9. The minimum atomic E-state index is -0.935. The largest absolute Gasteiger partial charge is 0.455 e. The van der Waals surface area contributed by atoms with E-state index in [1.165, 1.54) is 0 Å². The Bertz CT molecular complexity index is 787. The SMILES string of the molecule is CC1CCC2(CC1)NC(=O)N(NC(=O)COC(=O)Cc1ccc(Br)cc1)C2=O. The zero-order chi connectivity index (χ0) is 20.3. The molecule has 0 unspecified atom stereocenters. The lowest BCUT2D eigenvalue weighted by molar-refractivity contribution is -0.150. The highest BCUT2D eigenvalue weighted by Crippen LogP contribution is 2.35. The summed E-state index contributed by atoms with van der Waals surface area (Å²) in [6, 6.07) is 6.48. The van der Waals surface area contributed by atoms with E-state index in [1.807, 2.05) is 0 Å². The molecule has 0 bridgehead atoms. The van der Waals surface area contributed by atoms with Gasteiger partial charge in [0.2, 0.25) is 0 Å². The maximum atomic E-state index is 12.7. The number of hydrogen-bond acceptors (Lipinski definition) is 5. The van der Waals surface area contributed by atoms with Crippen LogP contribution in [0.2, 0.25) is 0 Å². The Hall–Kier alpha value is -2.42. The first kappa shape index (κ1) is 20.3. The van der Waals surface area contributed by atoms with Gasteiger partial charge in [-0.3, -0.25) is 19.8 Å². The van der Waals surface area contributed by atoms with E-state index in [1.54, 1.807) is 24.3 Å². The van der Waals surface area contributed by atoms with Gasteiger partial charge in [0.25, 0.3) is 11.8 Å². The van der Waals surface area contributed by atoms with E-state index in [9.17, 15) is 19.2 Å². The van der Waals surface area contributed by atoms with E-state index in [0.29, 0.717) is 23.8 Å². The lowest BCUT2D eigenvalue weighted by atomic mass is 9.77. The highest BCUT2D eigenvalue weighted by Gasteiger charge is 2.52. The summed E-state index contributed by atoms with van der Waals surface area (Å²) >= 11 is 3.31. The van der Waals surface area contributed by atoms with Crippen LogP contribution in [0.1, 0.15) is 38.2 Å².